The topological polar surface area (TPSA) is 118 Å². The molecule has 0 saturated carbocycles. The number of cyclic esters (lactones) is 1. The lowest BCUT2D eigenvalue weighted by Crippen LogP contribution is -2.26. The summed E-state index contributed by atoms with van der Waals surface area (Å²) < 4.78 is 24.4. The molecule has 0 spiro atoms. The van der Waals surface area contributed by atoms with Crippen LogP contribution in [0.5, 0.6) is 5.75 Å². The molecule has 1 aliphatic rings. The van der Waals surface area contributed by atoms with Crippen molar-refractivity contribution >= 4 is 23.5 Å². The molecule has 1 aliphatic heterocycles. The Labute approximate surface area is 195 Å². The molecule has 2 amide bonds. The fourth-order valence-electron chi connectivity index (χ4n) is 3.49. The van der Waals surface area contributed by atoms with Gasteiger partial charge in [0.1, 0.15) is 24.0 Å². The van der Waals surface area contributed by atoms with Gasteiger partial charge in [0.2, 0.25) is 0 Å². The number of nitrogens with zero attached hydrogens (tertiary/aromatic N) is 1. The Balaban J connectivity index is 1.31. The first-order chi connectivity index (χ1) is 16.4. The van der Waals surface area contributed by atoms with Crippen molar-refractivity contribution in [1.82, 2.24) is 5.32 Å². The first-order valence-electron chi connectivity index (χ1n) is 10.6. The van der Waals surface area contributed by atoms with Gasteiger partial charge in [-0.05, 0) is 60.2 Å². The van der Waals surface area contributed by atoms with Crippen LogP contribution in [-0.2, 0) is 11.3 Å². The van der Waals surface area contributed by atoms with E-state index in [9.17, 15) is 14.0 Å². The number of benzene rings is 3. The molecule has 174 valence electrons. The van der Waals surface area contributed by atoms with E-state index in [1.807, 2.05) is 0 Å². The number of hydrogen-bond donors (Lipinski definition) is 3. The molecule has 0 aliphatic carbocycles. The SMILES string of the molecule is N=C(N)c1ccc(N2CC(COc3cccc(C(=O)NCc4cccc(F)c4)c3)OC2=O)cc1. The summed E-state index contributed by atoms with van der Waals surface area (Å²) in [4.78, 5) is 26.2. The molecule has 3 aromatic rings. The average Bonchev–Trinajstić information content (AvgIpc) is 3.22. The molecule has 1 heterocycles. The van der Waals surface area contributed by atoms with Gasteiger partial charge in [-0.1, -0.05) is 18.2 Å². The van der Waals surface area contributed by atoms with Crippen molar-refractivity contribution < 1.29 is 23.5 Å². The molecule has 34 heavy (non-hydrogen) atoms. The molecule has 3 aromatic carbocycles. The number of ether oxygens (including phenoxy) is 2. The van der Waals surface area contributed by atoms with Gasteiger partial charge < -0.3 is 20.5 Å². The molecule has 0 bridgehead atoms. The van der Waals surface area contributed by atoms with E-state index in [4.69, 9.17) is 20.6 Å². The summed E-state index contributed by atoms with van der Waals surface area (Å²) >= 11 is 0. The van der Waals surface area contributed by atoms with Crippen LogP contribution in [0, 0.1) is 11.2 Å². The second-order valence-corrected chi connectivity index (χ2v) is 7.73. The van der Waals surface area contributed by atoms with Crippen LogP contribution in [0.1, 0.15) is 21.5 Å². The van der Waals surface area contributed by atoms with Crippen molar-refractivity contribution in [3.63, 3.8) is 0 Å². The summed E-state index contributed by atoms with van der Waals surface area (Å²) in [7, 11) is 0. The number of nitrogens with two attached hydrogens (primary N) is 1. The highest BCUT2D eigenvalue weighted by Gasteiger charge is 2.32. The molecule has 0 radical (unpaired) electrons. The maximum absolute atomic E-state index is 13.3. The van der Waals surface area contributed by atoms with Crippen molar-refractivity contribution in [2.45, 2.75) is 12.6 Å². The maximum atomic E-state index is 13.3. The molecule has 1 fully saturated rings. The monoisotopic (exact) mass is 462 g/mol. The highest BCUT2D eigenvalue weighted by atomic mass is 19.1. The first kappa shape index (κ1) is 22.8. The molecule has 1 saturated heterocycles. The van der Waals surface area contributed by atoms with Crippen LogP contribution in [0.15, 0.2) is 72.8 Å². The maximum Gasteiger partial charge on any atom is 0.414 e. The zero-order valence-electron chi connectivity index (χ0n) is 18.2. The molecular formula is C25H23FN4O4. The van der Waals surface area contributed by atoms with Crippen LogP contribution in [0.4, 0.5) is 14.9 Å². The number of anilines is 1. The summed E-state index contributed by atoms with van der Waals surface area (Å²) in [5.41, 5.74) is 7.71. The van der Waals surface area contributed by atoms with Crippen LogP contribution < -0.4 is 20.7 Å². The molecule has 1 unspecified atom stereocenters. The van der Waals surface area contributed by atoms with Crippen LogP contribution in [-0.4, -0.2) is 37.1 Å². The molecular weight excluding hydrogens is 439 g/mol. The van der Waals surface area contributed by atoms with Crippen LogP contribution in [0.3, 0.4) is 0 Å². The molecule has 4 rings (SSSR count). The Morgan fingerprint density at radius 1 is 1.12 bits per heavy atom. The van der Waals surface area contributed by atoms with Crippen LogP contribution in [0.2, 0.25) is 0 Å². The molecule has 0 aromatic heterocycles. The van der Waals surface area contributed by atoms with Gasteiger partial charge in [0.25, 0.3) is 5.91 Å². The highest BCUT2D eigenvalue weighted by Crippen LogP contribution is 2.23. The van der Waals surface area contributed by atoms with Gasteiger partial charge in [0, 0.05) is 23.4 Å². The van der Waals surface area contributed by atoms with Gasteiger partial charge in [0.05, 0.1) is 6.54 Å². The normalized spacial score (nSPS) is 15.0. The Kier molecular flexibility index (Phi) is 6.72. The van der Waals surface area contributed by atoms with Crippen LogP contribution >= 0.6 is 0 Å². The Morgan fingerprint density at radius 3 is 2.62 bits per heavy atom. The summed E-state index contributed by atoms with van der Waals surface area (Å²) in [5, 5.41) is 10.2. The lowest BCUT2D eigenvalue weighted by atomic mass is 10.2. The summed E-state index contributed by atoms with van der Waals surface area (Å²) in [5.74, 6) is -0.269. The van der Waals surface area contributed by atoms with E-state index in [2.05, 4.69) is 5.32 Å². The van der Waals surface area contributed by atoms with Gasteiger partial charge in [-0.15, -0.1) is 0 Å². The lowest BCUT2D eigenvalue weighted by Gasteiger charge is -2.14. The number of nitrogen functional groups attached to an aromatic ring is 1. The second-order valence-electron chi connectivity index (χ2n) is 7.73. The Morgan fingerprint density at radius 2 is 1.88 bits per heavy atom. The molecule has 4 N–H and O–H groups in total. The quantitative estimate of drug-likeness (QED) is 0.350. The largest absolute Gasteiger partial charge is 0.490 e. The zero-order chi connectivity index (χ0) is 24.1. The second kappa shape index (κ2) is 10.0. The number of amidine groups is 1. The third-order valence-corrected chi connectivity index (χ3v) is 5.24. The predicted molar refractivity (Wildman–Crippen MR) is 125 cm³/mol. The summed E-state index contributed by atoms with van der Waals surface area (Å²) in [6.45, 7) is 0.608. The van der Waals surface area contributed by atoms with Crippen molar-refractivity contribution in [3.8, 4) is 5.75 Å². The highest BCUT2D eigenvalue weighted by molar-refractivity contribution is 5.96. The smallest absolute Gasteiger partial charge is 0.414 e. The van der Waals surface area contributed by atoms with E-state index in [0.29, 0.717) is 34.7 Å². The number of rotatable bonds is 8. The lowest BCUT2D eigenvalue weighted by molar-refractivity contribution is 0.0949. The zero-order valence-corrected chi connectivity index (χ0v) is 18.2. The van der Waals surface area contributed by atoms with Crippen molar-refractivity contribution in [3.05, 3.63) is 95.3 Å². The molecule has 8 nitrogen and oxygen atoms in total. The fraction of sp³-hybridized carbons (Fsp3) is 0.160. The Bertz CT molecular complexity index is 1220. The third-order valence-electron chi connectivity index (χ3n) is 5.24. The van der Waals surface area contributed by atoms with Crippen molar-refractivity contribution in [2.75, 3.05) is 18.1 Å². The standard InChI is InChI=1S/C25H23FN4O4/c26-19-5-1-3-16(11-19)13-29-24(31)18-4-2-6-21(12-18)33-15-22-14-30(25(32)34-22)20-9-7-17(8-10-20)23(27)28/h1-12,22H,13-15H2,(H3,27,28)(H,29,31). The van der Waals surface area contributed by atoms with Crippen molar-refractivity contribution in [2.24, 2.45) is 5.73 Å². The van der Waals surface area contributed by atoms with E-state index in [1.165, 1.54) is 17.0 Å². The van der Waals surface area contributed by atoms with E-state index < -0.39 is 12.2 Å². The van der Waals surface area contributed by atoms with Gasteiger partial charge in [-0.25, -0.2) is 9.18 Å². The number of halogens is 1. The van der Waals surface area contributed by atoms with Crippen molar-refractivity contribution in [1.29, 1.82) is 5.41 Å². The minimum absolute atomic E-state index is 0.0494. The van der Waals surface area contributed by atoms with Crippen LogP contribution in [0.25, 0.3) is 0 Å². The van der Waals surface area contributed by atoms with Gasteiger partial charge >= 0.3 is 6.09 Å². The number of carbonyl (C=O) groups excluding carboxylic acids is 2. The Hall–Kier alpha value is -4.40. The average molecular weight is 462 g/mol. The van der Waals surface area contributed by atoms with Gasteiger partial charge in [-0.2, -0.15) is 0 Å². The summed E-state index contributed by atoms with van der Waals surface area (Å²) in [6, 6.07) is 19.4. The predicted octanol–water partition coefficient (Wildman–Crippen LogP) is 3.44. The number of hydrogen-bond acceptors (Lipinski definition) is 5. The van der Waals surface area contributed by atoms with E-state index in [-0.39, 0.29) is 30.7 Å². The van der Waals surface area contributed by atoms with Gasteiger partial charge in [0.15, 0.2) is 6.10 Å². The third kappa shape index (κ3) is 5.50. The number of carbonyl (C=O) groups is 2. The number of nitrogens with one attached hydrogen (secondary N) is 2. The fourth-order valence-corrected chi connectivity index (χ4v) is 3.49. The summed E-state index contributed by atoms with van der Waals surface area (Å²) in [6.07, 6.45) is -0.986. The molecule has 1 atom stereocenters. The molecule has 9 heteroatoms. The van der Waals surface area contributed by atoms with E-state index in [0.717, 1.165) is 0 Å². The number of amides is 2. The van der Waals surface area contributed by atoms with E-state index >= 15 is 0 Å². The van der Waals surface area contributed by atoms with Gasteiger partial charge in [-0.3, -0.25) is 15.1 Å². The minimum Gasteiger partial charge on any atom is -0.490 e. The first-order valence-corrected chi connectivity index (χ1v) is 10.6. The minimum atomic E-state index is -0.495. The van der Waals surface area contributed by atoms with E-state index in [1.54, 1.807) is 60.7 Å².